The molecule has 164 valence electrons. The first-order valence-electron chi connectivity index (χ1n) is 10.1. The summed E-state index contributed by atoms with van der Waals surface area (Å²) in [7, 11) is 2.97. The highest BCUT2D eigenvalue weighted by Gasteiger charge is 2.64. The lowest BCUT2D eigenvalue weighted by Gasteiger charge is -2.47. The quantitative estimate of drug-likeness (QED) is 0.655. The van der Waals surface area contributed by atoms with E-state index in [1.165, 1.54) is 19.1 Å². The summed E-state index contributed by atoms with van der Waals surface area (Å²) in [6, 6.07) is 3.16. The number of imide groups is 1. The van der Waals surface area contributed by atoms with E-state index < -0.39 is 5.41 Å². The summed E-state index contributed by atoms with van der Waals surface area (Å²) in [5.74, 6) is 0.232. The van der Waals surface area contributed by atoms with Crippen LogP contribution in [0.4, 0.5) is 5.69 Å². The molecule has 2 bridgehead atoms. The van der Waals surface area contributed by atoms with Crippen molar-refractivity contribution in [2.24, 2.45) is 16.7 Å². The number of anilines is 1. The minimum absolute atomic E-state index is 0.107. The van der Waals surface area contributed by atoms with Crippen LogP contribution in [0, 0.1) is 16.7 Å². The number of fused-ring (bicyclic) bond motifs is 2. The summed E-state index contributed by atoms with van der Waals surface area (Å²) in [6.45, 7) is 6.23. The van der Waals surface area contributed by atoms with Crippen molar-refractivity contribution in [3.63, 3.8) is 0 Å². The summed E-state index contributed by atoms with van der Waals surface area (Å²) in [5, 5.41) is 3.16. The van der Waals surface area contributed by atoms with E-state index in [2.05, 4.69) is 5.32 Å². The zero-order chi connectivity index (χ0) is 22.3. The van der Waals surface area contributed by atoms with Gasteiger partial charge in [0.25, 0.3) is 0 Å². The first-order valence-corrected chi connectivity index (χ1v) is 10.5. The molecule has 1 N–H and O–H groups in total. The lowest BCUT2D eigenvalue weighted by molar-refractivity contribution is -0.168. The van der Waals surface area contributed by atoms with Crippen molar-refractivity contribution >= 4 is 35.0 Å². The highest BCUT2D eigenvalue weighted by atomic mass is 35.5. The molecule has 2 fully saturated rings. The molecule has 2 atom stereocenters. The van der Waals surface area contributed by atoms with Crippen LogP contribution in [0.3, 0.4) is 0 Å². The molecule has 0 spiro atoms. The first-order chi connectivity index (χ1) is 14.1. The predicted octanol–water partition coefficient (Wildman–Crippen LogP) is 3.89. The van der Waals surface area contributed by atoms with E-state index >= 15 is 0 Å². The van der Waals surface area contributed by atoms with Crippen LogP contribution in [-0.2, 0) is 14.4 Å². The van der Waals surface area contributed by atoms with Crippen LogP contribution in [0.25, 0.3) is 0 Å². The van der Waals surface area contributed by atoms with Gasteiger partial charge in [-0.15, -0.1) is 0 Å². The van der Waals surface area contributed by atoms with Crippen molar-refractivity contribution in [1.82, 2.24) is 4.90 Å². The maximum Gasteiger partial charge on any atom is 0.235 e. The maximum absolute atomic E-state index is 13.0. The Morgan fingerprint density at radius 2 is 1.87 bits per heavy atom. The van der Waals surface area contributed by atoms with Gasteiger partial charge in [-0.2, -0.15) is 0 Å². The summed E-state index contributed by atoms with van der Waals surface area (Å²) in [5.41, 5.74) is -0.415. The number of ether oxygens (including phenoxy) is 2. The van der Waals surface area contributed by atoms with E-state index in [0.29, 0.717) is 28.6 Å². The van der Waals surface area contributed by atoms with Gasteiger partial charge >= 0.3 is 0 Å². The molecule has 7 nitrogen and oxygen atoms in total. The normalized spacial score (nSPS) is 24.7. The smallest absolute Gasteiger partial charge is 0.235 e. The summed E-state index contributed by atoms with van der Waals surface area (Å²) >= 11 is 6.09. The molecule has 2 aliphatic rings. The largest absolute Gasteiger partial charge is 0.495 e. The maximum atomic E-state index is 13.0. The average Bonchev–Trinajstić information content (AvgIpc) is 2.89. The second kappa shape index (κ2) is 8.10. The van der Waals surface area contributed by atoms with E-state index in [4.69, 9.17) is 21.1 Å². The number of likely N-dealkylation sites (tertiary alicyclic amines) is 1. The summed E-state index contributed by atoms with van der Waals surface area (Å²) < 4.78 is 10.4. The Morgan fingerprint density at radius 1 is 1.20 bits per heavy atom. The van der Waals surface area contributed by atoms with Crippen LogP contribution >= 0.6 is 11.6 Å². The molecule has 1 saturated heterocycles. The highest BCUT2D eigenvalue weighted by molar-refractivity contribution is 6.32. The van der Waals surface area contributed by atoms with Crippen molar-refractivity contribution < 1.29 is 23.9 Å². The minimum atomic E-state index is -0.527. The number of piperidine rings is 1. The van der Waals surface area contributed by atoms with Crippen LogP contribution in [-0.4, -0.2) is 43.4 Å². The number of nitrogens with one attached hydrogen (secondary N) is 1. The third-order valence-corrected chi connectivity index (χ3v) is 7.34. The van der Waals surface area contributed by atoms with E-state index in [1.54, 1.807) is 12.1 Å². The number of benzene rings is 1. The first kappa shape index (κ1) is 22.4. The predicted molar refractivity (Wildman–Crippen MR) is 114 cm³/mol. The Balaban J connectivity index is 1.62. The topological polar surface area (TPSA) is 84.9 Å². The van der Waals surface area contributed by atoms with Crippen LogP contribution in [0.2, 0.25) is 5.02 Å². The molecule has 2 unspecified atom stereocenters. The molecule has 1 aliphatic heterocycles. The lowest BCUT2D eigenvalue weighted by atomic mass is 9.62. The van der Waals surface area contributed by atoms with Crippen LogP contribution < -0.4 is 14.8 Å². The molecule has 3 amide bonds. The Morgan fingerprint density at radius 3 is 2.50 bits per heavy atom. The minimum Gasteiger partial charge on any atom is -0.495 e. The molecule has 0 aromatic heterocycles. The van der Waals surface area contributed by atoms with Gasteiger partial charge in [-0.25, -0.2) is 0 Å². The molecule has 1 aromatic carbocycles. The number of carbonyl (C=O) groups is 3. The summed E-state index contributed by atoms with van der Waals surface area (Å²) in [6.07, 6.45) is 2.02. The SMILES string of the molecule is COc1cc(NC(=O)CCCN2C(=O)C3CCC(C)(C2=O)C3(C)C)c(OC)cc1Cl. The van der Waals surface area contributed by atoms with Crippen LogP contribution in [0.1, 0.15) is 46.5 Å². The van der Waals surface area contributed by atoms with Crippen molar-refractivity contribution in [2.75, 3.05) is 26.1 Å². The van der Waals surface area contributed by atoms with Gasteiger partial charge in [-0.05, 0) is 24.7 Å². The molecule has 1 saturated carbocycles. The van der Waals surface area contributed by atoms with Crippen molar-refractivity contribution in [3.8, 4) is 11.5 Å². The molecule has 3 rings (SSSR count). The summed E-state index contributed by atoms with van der Waals surface area (Å²) in [4.78, 5) is 39.7. The zero-order valence-corrected chi connectivity index (χ0v) is 18.9. The van der Waals surface area contributed by atoms with Crippen molar-refractivity contribution in [2.45, 2.75) is 46.5 Å². The molecule has 1 aromatic rings. The fourth-order valence-corrected chi connectivity index (χ4v) is 4.91. The van der Waals surface area contributed by atoms with Gasteiger partial charge in [-0.1, -0.05) is 32.4 Å². The lowest BCUT2D eigenvalue weighted by Crippen LogP contribution is -2.59. The number of methoxy groups -OCH3 is 2. The van der Waals surface area contributed by atoms with Crippen LogP contribution in [0.5, 0.6) is 11.5 Å². The van der Waals surface area contributed by atoms with E-state index in [1.807, 2.05) is 20.8 Å². The zero-order valence-electron chi connectivity index (χ0n) is 18.1. The molecular formula is C22H29ClN2O5. The van der Waals surface area contributed by atoms with E-state index in [0.717, 1.165) is 12.8 Å². The monoisotopic (exact) mass is 436 g/mol. The third kappa shape index (κ3) is 3.53. The molecule has 30 heavy (non-hydrogen) atoms. The van der Waals surface area contributed by atoms with Gasteiger partial charge in [0.15, 0.2) is 0 Å². The van der Waals surface area contributed by atoms with Crippen molar-refractivity contribution in [1.29, 1.82) is 0 Å². The van der Waals surface area contributed by atoms with Gasteiger partial charge in [0.2, 0.25) is 17.7 Å². The number of hydrogen-bond acceptors (Lipinski definition) is 5. The van der Waals surface area contributed by atoms with Gasteiger partial charge in [0.1, 0.15) is 11.5 Å². The Labute approximate surface area is 182 Å². The number of nitrogens with zero attached hydrogens (tertiary/aromatic N) is 1. The standard InChI is InChI=1S/C22H29ClN2O5/c1-21(2)13-8-9-22(21,3)20(28)25(19(13)27)10-6-7-18(26)24-15-12-16(29-4)14(23)11-17(15)30-5/h11-13H,6-10H2,1-5H3,(H,24,26). The fraction of sp³-hybridized carbons (Fsp3) is 0.591. The number of halogens is 1. The number of rotatable bonds is 7. The molecule has 8 heteroatoms. The Kier molecular flexibility index (Phi) is 6.05. The average molecular weight is 437 g/mol. The van der Waals surface area contributed by atoms with Gasteiger partial charge in [0.05, 0.1) is 30.3 Å². The van der Waals surface area contributed by atoms with Crippen molar-refractivity contribution in [3.05, 3.63) is 17.2 Å². The van der Waals surface area contributed by atoms with Gasteiger partial charge < -0.3 is 14.8 Å². The second-order valence-electron chi connectivity index (χ2n) is 8.78. The van der Waals surface area contributed by atoms with Crippen LogP contribution in [0.15, 0.2) is 12.1 Å². The highest BCUT2D eigenvalue weighted by Crippen LogP contribution is 2.60. The van der Waals surface area contributed by atoms with Gasteiger partial charge in [-0.3, -0.25) is 19.3 Å². The molecular weight excluding hydrogens is 408 g/mol. The third-order valence-electron chi connectivity index (χ3n) is 7.04. The van der Waals surface area contributed by atoms with E-state index in [-0.39, 0.29) is 42.0 Å². The van der Waals surface area contributed by atoms with E-state index in [9.17, 15) is 14.4 Å². The van der Waals surface area contributed by atoms with Gasteiger partial charge in [0, 0.05) is 31.0 Å². The second-order valence-corrected chi connectivity index (χ2v) is 9.19. The molecule has 1 aliphatic carbocycles. The Bertz CT molecular complexity index is 885. The Hall–Kier alpha value is -2.28. The fourth-order valence-electron chi connectivity index (χ4n) is 4.68. The molecule has 1 heterocycles. The number of carbonyl (C=O) groups excluding carboxylic acids is 3. The molecule has 0 radical (unpaired) electrons. The number of amides is 3. The number of hydrogen-bond donors (Lipinski definition) is 1.